The summed E-state index contributed by atoms with van der Waals surface area (Å²) >= 11 is 4.58. The van der Waals surface area contributed by atoms with Crippen LogP contribution in [0.4, 0.5) is 0 Å². The van der Waals surface area contributed by atoms with Crippen LogP contribution in [-0.2, 0) is 25.7 Å². The van der Waals surface area contributed by atoms with Gasteiger partial charge in [0.05, 0.1) is 5.75 Å². The highest BCUT2D eigenvalue weighted by atomic mass is 79.9. The lowest BCUT2D eigenvalue weighted by Crippen LogP contribution is -2.70. The Morgan fingerprint density at radius 1 is 1.19 bits per heavy atom. The number of fused-ring (bicyclic) bond motifs is 1. The fourth-order valence-corrected chi connectivity index (χ4v) is 4.88. The minimum absolute atomic E-state index is 0.0173. The monoisotopic (exact) mass is 518 g/mol. The molecule has 32 heavy (non-hydrogen) atoms. The molecule has 2 atom stereocenters. The standard InChI is InChI=1S/C22H19BrN2O6S/c23-14-7-4-8-15(9-14)30-11-17(27)24-18-20(28)25-19(16(26)12-32-21(18)25)22(29)31-10-13-5-2-1-3-6-13/h1-9,18,21,26H,10-12H2,(H,24,27)/t18?,21-/m0/s1. The fraction of sp³-hybridized carbons (Fsp3) is 0.227. The molecule has 0 saturated carbocycles. The second-order valence-electron chi connectivity index (χ2n) is 7.06. The molecule has 2 aromatic rings. The Morgan fingerprint density at radius 2 is 1.97 bits per heavy atom. The molecule has 0 radical (unpaired) electrons. The summed E-state index contributed by atoms with van der Waals surface area (Å²) in [6.07, 6.45) is 0. The molecule has 1 unspecified atom stereocenters. The highest BCUT2D eigenvalue weighted by Gasteiger charge is 2.54. The first kappa shape index (κ1) is 22.2. The van der Waals surface area contributed by atoms with Crippen molar-refractivity contribution in [2.24, 2.45) is 0 Å². The van der Waals surface area contributed by atoms with E-state index in [1.807, 2.05) is 24.3 Å². The molecule has 0 aromatic heterocycles. The number of nitrogens with one attached hydrogen (secondary N) is 1. The second-order valence-corrected chi connectivity index (χ2v) is 9.08. The molecule has 0 spiro atoms. The predicted octanol–water partition coefficient (Wildman–Crippen LogP) is 2.74. The molecule has 8 nitrogen and oxygen atoms in total. The molecule has 1 saturated heterocycles. The van der Waals surface area contributed by atoms with Gasteiger partial charge in [0.2, 0.25) is 0 Å². The number of ether oxygens (including phenoxy) is 2. The van der Waals surface area contributed by atoms with Crippen LogP contribution >= 0.6 is 27.7 Å². The highest BCUT2D eigenvalue weighted by molar-refractivity contribution is 9.10. The van der Waals surface area contributed by atoms with E-state index in [9.17, 15) is 19.5 Å². The Kier molecular flexibility index (Phi) is 6.71. The van der Waals surface area contributed by atoms with Crippen molar-refractivity contribution in [3.8, 4) is 5.75 Å². The number of hydrogen-bond donors (Lipinski definition) is 2. The van der Waals surface area contributed by atoms with Gasteiger partial charge in [-0.05, 0) is 23.8 Å². The maximum atomic E-state index is 12.7. The first-order chi connectivity index (χ1) is 15.4. The van der Waals surface area contributed by atoms with Crippen LogP contribution in [0.25, 0.3) is 0 Å². The number of esters is 1. The smallest absolute Gasteiger partial charge is 0.358 e. The normalized spacial score (nSPS) is 19.7. The van der Waals surface area contributed by atoms with E-state index in [2.05, 4.69) is 21.2 Å². The van der Waals surface area contributed by atoms with Crippen molar-refractivity contribution in [1.82, 2.24) is 10.2 Å². The highest BCUT2D eigenvalue weighted by Crippen LogP contribution is 2.40. The van der Waals surface area contributed by atoms with Crippen LogP contribution in [0.15, 0.2) is 70.5 Å². The lowest BCUT2D eigenvalue weighted by Gasteiger charge is -2.48. The summed E-state index contributed by atoms with van der Waals surface area (Å²) in [7, 11) is 0. The Hall–Kier alpha value is -2.98. The van der Waals surface area contributed by atoms with Crippen LogP contribution in [0.2, 0.25) is 0 Å². The first-order valence-electron chi connectivity index (χ1n) is 9.69. The van der Waals surface area contributed by atoms with E-state index in [0.717, 1.165) is 10.0 Å². The van der Waals surface area contributed by atoms with E-state index in [1.54, 1.807) is 30.3 Å². The van der Waals surface area contributed by atoms with Gasteiger partial charge in [-0.3, -0.25) is 14.5 Å². The van der Waals surface area contributed by atoms with Crippen LogP contribution in [0.5, 0.6) is 5.75 Å². The molecule has 2 heterocycles. The third kappa shape index (κ3) is 4.76. The maximum absolute atomic E-state index is 12.7. The third-order valence-electron chi connectivity index (χ3n) is 4.84. The molecule has 0 bridgehead atoms. The minimum atomic E-state index is -0.816. The van der Waals surface area contributed by atoms with Gasteiger partial charge in [0.1, 0.15) is 29.5 Å². The molecule has 0 aliphatic carbocycles. The zero-order valence-electron chi connectivity index (χ0n) is 16.7. The lowest BCUT2D eigenvalue weighted by atomic mass is 10.0. The van der Waals surface area contributed by atoms with Crippen molar-refractivity contribution in [2.75, 3.05) is 12.4 Å². The van der Waals surface area contributed by atoms with Gasteiger partial charge in [0.25, 0.3) is 11.8 Å². The molecule has 166 valence electrons. The summed E-state index contributed by atoms with van der Waals surface area (Å²) in [4.78, 5) is 38.7. The van der Waals surface area contributed by atoms with E-state index in [-0.39, 0.29) is 30.4 Å². The minimum Gasteiger partial charge on any atom is -0.509 e. The van der Waals surface area contributed by atoms with Gasteiger partial charge in [-0.1, -0.05) is 52.3 Å². The number of hydrogen-bond acceptors (Lipinski definition) is 7. The number of aliphatic hydroxyl groups is 1. The fourth-order valence-electron chi connectivity index (χ4n) is 3.31. The molecule has 10 heteroatoms. The molecule has 2 amide bonds. The number of benzene rings is 2. The molecule has 1 fully saturated rings. The summed E-state index contributed by atoms with van der Waals surface area (Å²) in [5.74, 6) is -1.31. The quantitative estimate of drug-likeness (QED) is 0.428. The topological polar surface area (TPSA) is 105 Å². The number of amides is 2. The molecule has 2 aliphatic rings. The average molecular weight is 519 g/mol. The number of β-lactam (4-membered cyclic amide) rings is 1. The third-order valence-corrected chi connectivity index (χ3v) is 6.59. The average Bonchev–Trinajstić information content (AvgIpc) is 2.80. The summed E-state index contributed by atoms with van der Waals surface area (Å²) in [5.41, 5.74) is 0.610. The zero-order valence-corrected chi connectivity index (χ0v) is 19.1. The summed E-state index contributed by atoms with van der Waals surface area (Å²) in [6, 6.07) is 15.3. The Labute approximate surface area is 196 Å². The molecule has 2 N–H and O–H groups in total. The van der Waals surface area contributed by atoms with Crippen molar-refractivity contribution < 1.29 is 29.0 Å². The van der Waals surface area contributed by atoms with E-state index in [1.165, 1.54) is 16.7 Å². The maximum Gasteiger partial charge on any atom is 0.358 e. The van der Waals surface area contributed by atoms with Gasteiger partial charge in [-0.15, -0.1) is 11.8 Å². The molecule has 2 aliphatic heterocycles. The number of halogens is 1. The van der Waals surface area contributed by atoms with Crippen molar-refractivity contribution in [2.45, 2.75) is 18.0 Å². The van der Waals surface area contributed by atoms with Gasteiger partial charge in [0.15, 0.2) is 12.3 Å². The van der Waals surface area contributed by atoms with Gasteiger partial charge in [-0.25, -0.2) is 4.79 Å². The second kappa shape index (κ2) is 9.66. The number of nitrogens with zero attached hydrogens (tertiary/aromatic N) is 1. The number of carbonyl (C=O) groups excluding carboxylic acids is 3. The van der Waals surface area contributed by atoms with Crippen LogP contribution in [-0.4, -0.2) is 51.6 Å². The summed E-state index contributed by atoms with van der Waals surface area (Å²) in [6.45, 7) is -0.242. The van der Waals surface area contributed by atoms with Gasteiger partial charge in [0, 0.05) is 4.47 Å². The van der Waals surface area contributed by atoms with E-state index < -0.39 is 29.2 Å². The van der Waals surface area contributed by atoms with Crippen LogP contribution < -0.4 is 10.1 Å². The Bertz CT molecular complexity index is 1080. The Balaban J connectivity index is 1.34. The van der Waals surface area contributed by atoms with Crippen molar-refractivity contribution in [3.05, 3.63) is 76.1 Å². The van der Waals surface area contributed by atoms with Gasteiger partial charge in [-0.2, -0.15) is 0 Å². The number of thioether (sulfide) groups is 1. The van der Waals surface area contributed by atoms with E-state index in [0.29, 0.717) is 5.75 Å². The lowest BCUT2D eigenvalue weighted by molar-refractivity contribution is -0.154. The van der Waals surface area contributed by atoms with Gasteiger partial charge < -0.3 is 19.9 Å². The number of rotatable bonds is 7. The van der Waals surface area contributed by atoms with Crippen molar-refractivity contribution >= 4 is 45.5 Å². The molecule has 4 rings (SSSR count). The molecular weight excluding hydrogens is 500 g/mol. The van der Waals surface area contributed by atoms with Crippen molar-refractivity contribution in [1.29, 1.82) is 0 Å². The molecular formula is C22H19BrN2O6S. The van der Waals surface area contributed by atoms with Crippen LogP contribution in [0.3, 0.4) is 0 Å². The van der Waals surface area contributed by atoms with E-state index >= 15 is 0 Å². The largest absolute Gasteiger partial charge is 0.509 e. The van der Waals surface area contributed by atoms with E-state index in [4.69, 9.17) is 9.47 Å². The molecule has 2 aromatic carbocycles. The predicted molar refractivity (Wildman–Crippen MR) is 121 cm³/mol. The first-order valence-corrected chi connectivity index (χ1v) is 11.5. The number of aliphatic hydroxyl groups excluding tert-OH is 1. The summed E-state index contributed by atoms with van der Waals surface area (Å²) in [5, 5.41) is 12.4. The number of carbonyl (C=O) groups is 3. The van der Waals surface area contributed by atoms with Gasteiger partial charge >= 0.3 is 5.97 Å². The summed E-state index contributed by atoms with van der Waals surface area (Å²) < 4.78 is 11.5. The SMILES string of the molecule is O=C(COc1cccc(Br)c1)NC1C(=O)N2C(C(=O)OCc3ccccc3)=C(O)CS[C@@H]12. The van der Waals surface area contributed by atoms with Crippen molar-refractivity contribution in [3.63, 3.8) is 0 Å². The zero-order chi connectivity index (χ0) is 22.7. The van der Waals surface area contributed by atoms with Crippen LogP contribution in [0, 0.1) is 0 Å². The Morgan fingerprint density at radius 3 is 2.72 bits per heavy atom. The van der Waals surface area contributed by atoms with Crippen LogP contribution in [0.1, 0.15) is 5.56 Å².